The van der Waals surface area contributed by atoms with Crippen molar-refractivity contribution in [2.24, 2.45) is 0 Å². The van der Waals surface area contributed by atoms with E-state index in [9.17, 15) is 14.0 Å². The number of carbonyl (C=O) groups excluding carboxylic acids is 2. The molecule has 1 aromatic heterocycles. The Morgan fingerprint density at radius 2 is 1.62 bits per heavy atom. The van der Waals surface area contributed by atoms with Crippen molar-refractivity contribution in [3.8, 4) is 0 Å². The molecule has 0 saturated heterocycles. The average molecular weight is 513 g/mol. The molecule has 0 bridgehead atoms. The normalized spacial score (nSPS) is 10.7. The molecular formula is C24H16BrClFN3O2. The lowest BCUT2D eigenvalue weighted by atomic mass is 9.98. The van der Waals surface area contributed by atoms with Crippen LogP contribution >= 0.6 is 27.5 Å². The van der Waals surface area contributed by atoms with Gasteiger partial charge < -0.3 is 5.32 Å². The first kappa shape index (κ1) is 21.9. The number of nitrogens with one attached hydrogen (secondary N) is 1. The van der Waals surface area contributed by atoms with Crippen LogP contribution in [0.2, 0.25) is 5.02 Å². The molecule has 4 rings (SSSR count). The SMILES string of the molecule is O=C(Nc1nn(Cc2ccc(F)cc2)cc1Br)c1ccccc1C(=O)c1ccc(Cl)cc1. The number of carbonyl (C=O) groups is 2. The fraction of sp³-hybridized carbons (Fsp3) is 0.0417. The molecule has 0 radical (unpaired) electrons. The summed E-state index contributed by atoms with van der Waals surface area (Å²) in [6, 6.07) is 19.2. The minimum atomic E-state index is -0.462. The van der Waals surface area contributed by atoms with E-state index < -0.39 is 5.91 Å². The third-order valence-corrected chi connectivity index (χ3v) is 5.56. The Hall–Kier alpha value is -3.29. The minimum Gasteiger partial charge on any atom is -0.304 e. The number of amides is 1. The number of ketones is 1. The first-order chi connectivity index (χ1) is 15.4. The molecule has 3 aromatic carbocycles. The fourth-order valence-corrected chi connectivity index (χ4v) is 3.69. The summed E-state index contributed by atoms with van der Waals surface area (Å²) in [4.78, 5) is 25.9. The van der Waals surface area contributed by atoms with Crippen molar-refractivity contribution >= 4 is 45.0 Å². The monoisotopic (exact) mass is 511 g/mol. The molecule has 5 nitrogen and oxygen atoms in total. The summed E-state index contributed by atoms with van der Waals surface area (Å²) in [6.45, 7) is 0.403. The van der Waals surface area contributed by atoms with E-state index in [1.54, 1.807) is 71.5 Å². The number of nitrogens with zero attached hydrogens (tertiary/aromatic N) is 2. The minimum absolute atomic E-state index is 0.229. The molecule has 32 heavy (non-hydrogen) atoms. The molecule has 0 aliphatic rings. The summed E-state index contributed by atoms with van der Waals surface area (Å²) in [5.74, 6) is -0.745. The van der Waals surface area contributed by atoms with E-state index in [4.69, 9.17) is 11.6 Å². The van der Waals surface area contributed by atoms with Crippen LogP contribution in [0.3, 0.4) is 0 Å². The first-order valence-corrected chi connectivity index (χ1v) is 10.8. The second-order valence-corrected chi connectivity index (χ2v) is 8.28. The summed E-state index contributed by atoms with van der Waals surface area (Å²) in [5.41, 5.74) is 1.79. The highest BCUT2D eigenvalue weighted by molar-refractivity contribution is 9.10. The van der Waals surface area contributed by atoms with Gasteiger partial charge in [0.2, 0.25) is 0 Å². The Labute approximate surface area is 197 Å². The van der Waals surface area contributed by atoms with Crippen LogP contribution in [0.4, 0.5) is 10.2 Å². The Morgan fingerprint density at radius 3 is 2.31 bits per heavy atom. The zero-order chi connectivity index (χ0) is 22.7. The topological polar surface area (TPSA) is 64.0 Å². The van der Waals surface area contributed by atoms with Crippen LogP contribution in [0.15, 0.2) is 83.5 Å². The molecule has 1 N–H and O–H groups in total. The van der Waals surface area contributed by atoms with Crippen molar-refractivity contribution in [2.75, 3.05) is 5.32 Å². The number of halogens is 3. The third-order valence-electron chi connectivity index (χ3n) is 4.73. The van der Waals surface area contributed by atoms with Crippen LogP contribution in [0, 0.1) is 5.82 Å². The third kappa shape index (κ3) is 4.95. The predicted molar refractivity (Wildman–Crippen MR) is 125 cm³/mol. The molecule has 160 valence electrons. The van der Waals surface area contributed by atoms with Crippen molar-refractivity contribution in [3.05, 3.63) is 117 Å². The molecule has 0 aliphatic heterocycles. The van der Waals surface area contributed by atoms with Gasteiger partial charge >= 0.3 is 0 Å². The second-order valence-electron chi connectivity index (χ2n) is 6.99. The van der Waals surface area contributed by atoms with Gasteiger partial charge in [0.15, 0.2) is 11.6 Å². The predicted octanol–water partition coefficient (Wildman–Crippen LogP) is 5.97. The molecule has 0 aliphatic carbocycles. The highest BCUT2D eigenvalue weighted by Crippen LogP contribution is 2.23. The van der Waals surface area contributed by atoms with Crippen molar-refractivity contribution in [1.29, 1.82) is 0 Å². The molecular weight excluding hydrogens is 497 g/mol. The molecule has 8 heteroatoms. The Balaban J connectivity index is 1.55. The molecule has 0 spiro atoms. The highest BCUT2D eigenvalue weighted by Gasteiger charge is 2.20. The number of anilines is 1. The van der Waals surface area contributed by atoms with E-state index in [1.807, 2.05) is 0 Å². The van der Waals surface area contributed by atoms with Crippen LogP contribution in [0.1, 0.15) is 31.8 Å². The Morgan fingerprint density at radius 1 is 0.969 bits per heavy atom. The lowest BCUT2D eigenvalue weighted by Gasteiger charge is -2.09. The fourth-order valence-electron chi connectivity index (χ4n) is 3.15. The Kier molecular flexibility index (Phi) is 6.48. The molecule has 0 fully saturated rings. The molecule has 0 saturated carbocycles. The van der Waals surface area contributed by atoms with E-state index in [1.165, 1.54) is 12.1 Å². The van der Waals surface area contributed by atoms with E-state index in [-0.39, 0.29) is 22.7 Å². The Bertz CT molecular complexity index is 1290. The van der Waals surface area contributed by atoms with Gasteiger partial charge in [0.1, 0.15) is 5.82 Å². The first-order valence-electron chi connectivity index (χ1n) is 9.59. The maximum atomic E-state index is 13.1. The molecule has 0 atom stereocenters. The van der Waals surface area contributed by atoms with E-state index in [0.717, 1.165) is 5.56 Å². The summed E-state index contributed by atoms with van der Waals surface area (Å²) in [7, 11) is 0. The standard InChI is InChI=1S/C24H16BrClFN3O2/c25-21-14-30(13-15-5-11-18(27)12-6-15)29-23(21)28-24(32)20-4-2-1-3-19(20)22(31)16-7-9-17(26)10-8-16/h1-12,14H,13H2,(H,28,29,32). The quantitative estimate of drug-likeness (QED) is 0.324. The number of aromatic nitrogens is 2. The van der Waals surface area contributed by atoms with Crippen LogP contribution in [0.25, 0.3) is 0 Å². The van der Waals surface area contributed by atoms with Crippen LogP contribution in [-0.4, -0.2) is 21.5 Å². The highest BCUT2D eigenvalue weighted by atomic mass is 79.9. The summed E-state index contributed by atoms with van der Waals surface area (Å²) in [5, 5.41) is 7.65. The lowest BCUT2D eigenvalue weighted by molar-refractivity contribution is 0.0996. The van der Waals surface area contributed by atoms with Gasteiger partial charge in [-0.1, -0.05) is 41.9 Å². The van der Waals surface area contributed by atoms with E-state index >= 15 is 0 Å². The maximum Gasteiger partial charge on any atom is 0.257 e. The summed E-state index contributed by atoms with van der Waals surface area (Å²) in [6.07, 6.45) is 1.71. The molecule has 1 heterocycles. The second kappa shape index (κ2) is 9.46. The number of benzene rings is 3. The van der Waals surface area contributed by atoms with Crippen molar-refractivity contribution in [3.63, 3.8) is 0 Å². The van der Waals surface area contributed by atoms with Crippen molar-refractivity contribution < 1.29 is 14.0 Å². The number of rotatable bonds is 6. The number of hydrogen-bond donors (Lipinski definition) is 1. The maximum absolute atomic E-state index is 13.1. The summed E-state index contributed by atoms with van der Waals surface area (Å²) < 4.78 is 15.3. The van der Waals surface area contributed by atoms with Gasteiger partial charge in [0.05, 0.1) is 16.6 Å². The lowest BCUT2D eigenvalue weighted by Crippen LogP contribution is -2.17. The van der Waals surface area contributed by atoms with Gasteiger partial charge in [-0.3, -0.25) is 14.3 Å². The van der Waals surface area contributed by atoms with E-state index in [0.29, 0.717) is 27.4 Å². The van der Waals surface area contributed by atoms with Gasteiger partial charge in [-0.25, -0.2) is 4.39 Å². The van der Waals surface area contributed by atoms with Crippen LogP contribution in [0.5, 0.6) is 0 Å². The van der Waals surface area contributed by atoms with E-state index in [2.05, 4.69) is 26.3 Å². The van der Waals surface area contributed by atoms with Crippen molar-refractivity contribution in [2.45, 2.75) is 6.54 Å². The molecule has 1 amide bonds. The van der Waals surface area contributed by atoms with Crippen LogP contribution in [-0.2, 0) is 6.54 Å². The molecule has 4 aromatic rings. The van der Waals surface area contributed by atoms with Gasteiger partial charge in [0.25, 0.3) is 5.91 Å². The molecule has 0 unspecified atom stereocenters. The van der Waals surface area contributed by atoms with Gasteiger partial charge in [-0.05, 0) is 64.0 Å². The van der Waals surface area contributed by atoms with Crippen LogP contribution < -0.4 is 5.32 Å². The van der Waals surface area contributed by atoms with Gasteiger partial charge in [0, 0.05) is 22.3 Å². The average Bonchev–Trinajstić information content (AvgIpc) is 3.13. The largest absolute Gasteiger partial charge is 0.304 e. The number of hydrogen-bond acceptors (Lipinski definition) is 3. The zero-order valence-corrected chi connectivity index (χ0v) is 18.9. The summed E-state index contributed by atoms with van der Waals surface area (Å²) >= 11 is 9.30. The van der Waals surface area contributed by atoms with Crippen molar-refractivity contribution in [1.82, 2.24) is 9.78 Å². The zero-order valence-electron chi connectivity index (χ0n) is 16.6. The van der Waals surface area contributed by atoms with Gasteiger partial charge in [-0.2, -0.15) is 5.10 Å². The van der Waals surface area contributed by atoms with Gasteiger partial charge in [-0.15, -0.1) is 0 Å². The smallest absolute Gasteiger partial charge is 0.257 e.